The maximum Gasteiger partial charge on any atom is 0.315 e. The van der Waals surface area contributed by atoms with Crippen LogP contribution in [0, 0.1) is 0 Å². The molecule has 4 amide bonds. The molecule has 0 rings (SSSR count). The van der Waals surface area contributed by atoms with Gasteiger partial charge in [-0.1, -0.05) is 0 Å². The fourth-order valence-corrected chi connectivity index (χ4v) is 1.77. The Morgan fingerprint density at radius 2 is 1.24 bits per heavy atom. The van der Waals surface area contributed by atoms with E-state index in [1.165, 1.54) is 0 Å². The van der Waals surface area contributed by atoms with Crippen LogP contribution in [0.3, 0.4) is 0 Å². The lowest BCUT2D eigenvalue weighted by molar-refractivity contribution is 0.226. The molecule has 0 aromatic carbocycles. The van der Waals surface area contributed by atoms with Crippen molar-refractivity contribution in [3.63, 3.8) is 0 Å². The van der Waals surface area contributed by atoms with Gasteiger partial charge in [-0.15, -0.1) is 0 Å². The number of hydrogen-bond acceptors (Lipinski definition) is 2. The van der Waals surface area contributed by atoms with Crippen LogP contribution >= 0.6 is 0 Å². The molecule has 0 spiro atoms. The summed E-state index contributed by atoms with van der Waals surface area (Å²) in [6.45, 7) is 13.6. The van der Waals surface area contributed by atoms with E-state index in [0.29, 0.717) is 0 Å². The Balaban J connectivity index is 3.94. The van der Waals surface area contributed by atoms with E-state index in [9.17, 15) is 9.59 Å². The average molecular weight is 300 g/mol. The van der Waals surface area contributed by atoms with Crippen molar-refractivity contribution in [1.82, 2.24) is 21.3 Å². The third-order valence-corrected chi connectivity index (χ3v) is 2.70. The van der Waals surface area contributed by atoms with Crippen molar-refractivity contribution in [1.29, 1.82) is 0 Å². The number of urea groups is 2. The van der Waals surface area contributed by atoms with E-state index in [0.717, 1.165) is 12.8 Å². The predicted octanol–water partition coefficient (Wildman–Crippen LogP) is 2.35. The second-order valence-electron chi connectivity index (χ2n) is 7.00. The van der Waals surface area contributed by atoms with Crippen LogP contribution in [-0.2, 0) is 0 Å². The molecule has 0 saturated heterocycles. The minimum atomic E-state index is -0.242. The zero-order valence-electron chi connectivity index (χ0n) is 14.5. The van der Waals surface area contributed by atoms with Crippen molar-refractivity contribution in [3.05, 3.63) is 0 Å². The second kappa shape index (κ2) is 8.74. The van der Waals surface area contributed by atoms with Gasteiger partial charge in [-0.05, 0) is 61.3 Å². The van der Waals surface area contributed by atoms with Gasteiger partial charge in [-0.2, -0.15) is 0 Å². The third kappa shape index (κ3) is 12.0. The minimum absolute atomic E-state index is 0.0600. The number of nitrogens with one attached hydrogen (secondary N) is 4. The smallest absolute Gasteiger partial charge is 0.315 e. The van der Waals surface area contributed by atoms with Crippen molar-refractivity contribution in [2.75, 3.05) is 0 Å². The van der Waals surface area contributed by atoms with Crippen molar-refractivity contribution in [3.8, 4) is 0 Å². The lowest BCUT2D eigenvalue weighted by Gasteiger charge is -2.23. The molecule has 6 nitrogen and oxygen atoms in total. The summed E-state index contributed by atoms with van der Waals surface area (Å²) in [6, 6.07) is -0.0564. The molecular weight excluding hydrogens is 268 g/mol. The van der Waals surface area contributed by atoms with Crippen molar-refractivity contribution < 1.29 is 9.59 Å². The topological polar surface area (TPSA) is 82.3 Å². The van der Waals surface area contributed by atoms with Crippen LogP contribution in [0.25, 0.3) is 0 Å². The normalized spacial score (nSPS) is 14.3. The first-order valence-corrected chi connectivity index (χ1v) is 7.65. The highest BCUT2D eigenvalue weighted by atomic mass is 16.2. The molecule has 0 aromatic heterocycles. The fraction of sp³-hybridized carbons (Fsp3) is 0.867. The zero-order chi connectivity index (χ0) is 16.6. The summed E-state index contributed by atoms with van der Waals surface area (Å²) >= 11 is 0. The largest absolute Gasteiger partial charge is 0.336 e. The molecule has 124 valence electrons. The first-order valence-electron chi connectivity index (χ1n) is 7.65. The number of rotatable bonds is 6. The second-order valence-corrected chi connectivity index (χ2v) is 7.00. The van der Waals surface area contributed by atoms with E-state index < -0.39 is 0 Å². The van der Waals surface area contributed by atoms with E-state index in [2.05, 4.69) is 21.3 Å². The van der Waals surface area contributed by atoms with Gasteiger partial charge in [0.25, 0.3) is 0 Å². The van der Waals surface area contributed by atoms with Crippen molar-refractivity contribution >= 4 is 12.1 Å². The molecular formula is C15H32N4O2. The van der Waals surface area contributed by atoms with Gasteiger partial charge >= 0.3 is 12.1 Å². The first-order chi connectivity index (χ1) is 9.49. The summed E-state index contributed by atoms with van der Waals surface area (Å²) in [7, 11) is 0. The van der Waals surface area contributed by atoms with Crippen molar-refractivity contribution in [2.45, 2.75) is 85.0 Å². The van der Waals surface area contributed by atoms with E-state index in [-0.39, 0.29) is 35.7 Å². The van der Waals surface area contributed by atoms with E-state index in [4.69, 9.17) is 0 Å². The first kappa shape index (κ1) is 19.5. The molecule has 6 heteroatoms. The Bertz CT molecular complexity index is 337. The SMILES string of the molecule is CC(C)NC(=O)NC(C)CCC(C)NC(=O)NC(C)(C)C. The summed E-state index contributed by atoms with van der Waals surface area (Å²) < 4.78 is 0. The summed E-state index contributed by atoms with van der Waals surface area (Å²) in [5.41, 5.74) is -0.242. The van der Waals surface area contributed by atoms with Gasteiger partial charge in [-0.25, -0.2) is 9.59 Å². The van der Waals surface area contributed by atoms with Gasteiger partial charge in [0.05, 0.1) is 0 Å². The highest BCUT2D eigenvalue weighted by molar-refractivity contribution is 5.75. The molecule has 0 bridgehead atoms. The maximum atomic E-state index is 11.7. The van der Waals surface area contributed by atoms with E-state index in [1.807, 2.05) is 48.5 Å². The van der Waals surface area contributed by atoms with Gasteiger partial charge in [0.15, 0.2) is 0 Å². The molecule has 0 aromatic rings. The lowest BCUT2D eigenvalue weighted by atomic mass is 10.1. The summed E-state index contributed by atoms with van der Waals surface area (Å²) in [4.78, 5) is 23.3. The fourth-order valence-electron chi connectivity index (χ4n) is 1.77. The van der Waals surface area contributed by atoms with Gasteiger partial charge < -0.3 is 21.3 Å². The molecule has 0 saturated carbocycles. The van der Waals surface area contributed by atoms with Crippen LogP contribution in [0.2, 0.25) is 0 Å². The molecule has 0 heterocycles. The Labute approximate surface area is 128 Å². The molecule has 0 aliphatic heterocycles. The van der Waals surface area contributed by atoms with Crippen LogP contribution in [0.5, 0.6) is 0 Å². The highest BCUT2D eigenvalue weighted by Crippen LogP contribution is 2.03. The van der Waals surface area contributed by atoms with Gasteiger partial charge in [0.1, 0.15) is 0 Å². The molecule has 2 unspecified atom stereocenters. The summed E-state index contributed by atoms with van der Waals surface area (Å²) in [5, 5.41) is 11.4. The predicted molar refractivity (Wildman–Crippen MR) is 86.4 cm³/mol. The molecule has 0 radical (unpaired) electrons. The number of hydrogen-bond donors (Lipinski definition) is 4. The molecule has 2 atom stereocenters. The Kier molecular flexibility index (Phi) is 8.14. The monoisotopic (exact) mass is 300 g/mol. The summed E-state index contributed by atoms with van der Waals surface area (Å²) in [5.74, 6) is 0. The lowest BCUT2D eigenvalue weighted by Crippen LogP contribution is -2.49. The molecule has 0 fully saturated rings. The van der Waals surface area contributed by atoms with E-state index >= 15 is 0 Å². The Morgan fingerprint density at radius 3 is 1.62 bits per heavy atom. The van der Waals surface area contributed by atoms with Crippen LogP contribution in [0.4, 0.5) is 9.59 Å². The van der Waals surface area contributed by atoms with Crippen LogP contribution in [-0.4, -0.2) is 35.7 Å². The van der Waals surface area contributed by atoms with Gasteiger partial charge in [-0.3, -0.25) is 0 Å². The van der Waals surface area contributed by atoms with Gasteiger partial charge in [0.2, 0.25) is 0 Å². The maximum absolute atomic E-state index is 11.7. The number of carbonyl (C=O) groups excluding carboxylic acids is 2. The zero-order valence-corrected chi connectivity index (χ0v) is 14.5. The molecule has 21 heavy (non-hydrogen) atoms. The molecule has 4 N–H and O–H groups in total. The van der Waals surface area contributed by atoms with Crippen LogP contribution in [0.1, 0.15) is 61.3 Å². The van der Waals surface area contributed by atoms with Gasteiger partial charge in [0, 0.05) is 23.7 Å². The van der Waals surface area contributed by atoms with Crippen molar-refractivity contribution in [2.24, 2.45) is 0 Å². The minimum Gasteiger partial charge on any atom is -0.336 e. The summed E-state index contributed by atoms with van der Waals surface area (Å²) in [6.07, 6.45) is 1.61. The number of carbonyl (C=O) groups is 2. The quantitative estimate of drug-likeness (QED) is 0.607. The van der Waals surface area contributed by atoms with Crippen LogP contribution in [0.15, 0.2) is 0 Å². The highest BCUT2D eigenvalue weighted by Gasteiger charge is 2.16. The third-order valence-electron chi connectivity index (χ3n) is 2.70. The Morgan fingerprint density at radius 1 is 0.810 bits per heavy atom. The average Bonchev–Trinajstić information content (AvgIpc) is 2.21. The van der Waals surface area contributed by atoms with E-state index in [1.54, 1.807) is 0 Å². The molecule has 0 aliphatic carbocycles. The molecule has 0 aliphatic rings. The Hall–Kier alpha value is -1.46. The van der Waals surface area contributed by atoms with Crippen LogP contribution < -0.4 is 21.3 Å². The standard InChI is InChI=1S/C15H32N4O2/c1-10(2)16-13(20)17-11(3)8-9-12(4)18-14(21)19-15(5,6)7/h10-12H,8-9H2,1-7H3,(H2,16,17,20)(H2,18,19,21). The number of amides is 4.